The summed E-state index contributed by atoms with van der Waals surface area (Å²) in [6, 6.07) is 12.9. The minimum Gasteiger partial charge on any atom is -0.323 e. The Morgan fingerprint density at radius 2 is 1.79 bits per heavy atom. The molecule has 1 N–H and O–H groups in total. The predicted molar refractivity (Wildman–Crippen MR) is 123 cm³/mol. The van der Waals surface area contributed by atoms with E-state index in [9.17, 15) is 13.4 Å². The van der Waals surface area contributed by atoms with Gasteiger partial charge >= 0.3 is 0 Å². The quantitative estimate of drug-likeness (QED) is 0.267. The molecule has 0 radical (unpaired) electrons. The number of amides is 1. The van der Waals surface area contributed by atoms with Crippen LogP contribution in [-0.2, 0) is 30.1 Å². The number of tetrazole rings is 1. The lowest BCUT2D eigenvalue weighted by Gasteiger charge is -2.06. The van der Waals surface area contributed by atoms with Gasteiger partial charge in [0.05, 0.1) is 11.9 Å². The van der Waals surface area contributed by atoms with Crippen molar-refractivity contribution >= 4 is 33.8 Å². The Balaban J connectivity index is 1.47. The topological polar surface area (TPSA) is 108 Å². The molecule has 0 saturated carbocycles. The number of aromatic nitrogens is 6. The molecule has 0 aliphatic rings. The van der Waals surface area contributed by atoms with Crippen molar-refractivity contribution in [1.82, 2.24) is 30.0 Å². The van der Waals surface area contributed by atoms with E-state index in [4.69, 9.17) is 0 Å². The summed E-state index contributed by atoms with van der Waals surface area (Å²) in [4.78, 5) is 12.8. The van der Waals surface area contributed by atoms with E-state index >= 15 is 0 Å². The molecule has 1 amide bonds. The maximum absolute atomic E-state index is 13.3. The third kappa shape index (κ3) is 4.83. The second-order valence-electron chi connectivity index (χ2n) is 7.02. The summed E-state index contributed by atoms with van der Waals surface area (Å²) in [5.74, 6) is -0.296. The van der Waals surface area contributed by atoms with Gasteiger partial charge in [-0.15, -0.1) is 5.10 Å². The lowest BCUT2D eigenvalue weighted by atomic mass is 10.1. The SMILES string of the molecule is Cn1nnnc1C(=S=O)c1ccc(NC(=O)C=Cc2cnn(C)c2-c2ccc(F)cc2)cc1. The molecule has 166 valence electrons. The summed E-state index contributed by atoms with van der Waals surface area (Å²) in [5, 5.41) is 18.2. The second kappa shape index (κ2) is 9.49. The largest absolute Gasteiger partial charge is 0.323 e. The van der Waals surface area contributed by atoms with Crippen molar-refractivity contribution in [1.29, 1.82) is 0 Å². The first-order valence-electron chi connectivity index (χ1n) is 9.73. The van der Waals surface area contributed by atoms with Crippen molar-refractivity contribution in [2.45, 2.75) is 0 Å². The van der Waals surface area contributed by atoms with E-state index in [1.54, 1.807) is 67.4 Å². The van der Waals surface area contributed by atoms with Crippen molar-refractivity contribution in [3.63, 3.8) is 0 Å². The number of nitrogens with zero attached hydrogens (tertiary/aromatic N) is 6. The summed E-state index contributed by atoms with van der Waals surface area (Å²) in [5.41, 5.74) is 3.47. The number of halogens is 1. The number of anilines is 1. The predicted octanol–water partition coefficient (Wildman–Crippen LogP) is 2.18. The Morgan fingerprint density at radius 1 is 1.06 bits per heavy atom. The molecular formula is C22H18FN7O2S. The number of carbonyl (C=O) groups excluding carboxylic acids is 1. The second-order valence-corrected chi connectivity index (χ2v) is 7.59. The van der Waals surface area contributed by atoms with Crippen LogP contribution in [0.3, 0.4) is 0 Å². The Kier molecular flexibility index (Phi) is 6.31. The molecule has 0 aliphatic carbocycles. The normalized spacial score (nSPS) is 11.0. The van der Waals surface area contributed by atoms with Gasteiger partial charge in [-0.1, -0.05) is 12.1 Å². The molecule has 4 aromatic rings. The highest BCUT2D eigenvalue weighted by atomic mass is 32.1. The van der Waals surface area contributed by atoms with Gasteiger partial charge in [-0.25, -0.2) is 13.3 Å². The van der Waals surface area contributed by atoms with Gasteiger partial charge in [-0.05, 0) is 58.5 Å². The molecule has 0 atom stereocenters. The van der Waals surface area contributed by atoms with E-state index in [1.807, 2.05) is 0 Å². The molecule has 0 spiro atoms. The van der Waals surface area contributed by atoms with Gasteiger partial charge in [0.25, 0.3) is 0 Å². The van der Waals surface area contributed by atoms with Crippen molar-refractivity contribution in [2.75, 3.05) is 5.32 Å². The lowest BCUT2D eigenvalue weighted by Crippen LogP contribution is -2.12. The molecule has 4 rings (SSSR count). The smallest absolute Gasteiger partial charge is 0.248 e. The van der Waals surface area contributed by atoms with Crippen LogP contribution >= 0.6 is 0 Å². The average Bonchev–Trinajstić information content (AvgIpc) is 3.40. The molecule has 2 aromatic carbocycles. The molecule has 0 unspecified atom stereocenters. The van der Waals surface area contributed by atoms with E-state index in [1.165, 1.54) is 22.9 Å². The number of benzene rings is 2. The molecule has 0 fully saturated rings. The van der Waals surface area contributed by atoms with Crippen LogP contribution in [0.1, 0.15) is 17.0 Å². The minimum absolute atomic E-state index is 0.299. The monoisotopic (exact) mass is 463 g/mol. The van der Waals surface area contributed by atoms with Gasteiger partial charge in [0.1, 0.15) is 21.9 Å². The highest BCUT2D eigenvalue weighted by Gasteiger charge is 2.14. The van der Waals surface area contributed by atoms with Crippen LogP contribution in [0, 0.1) is 5.82 Å². The van der Waals surface area contributed by atoms with Crippen molar-refractivity contribution in [2.24, 2.45) is 14.1 Å². The standard InChI is InChI=1S/C22H18FN7O2S/c1-29-20(14-3-8-17(23)9-4-14)16(13-24-29)7-12-19(31)25-18-10-5-15(6-11-18)21(33-32)22-26-27-28-30(22)2/h3-13H,1-2H3,(H,25,31). The fourth-order valence-corrected chi connectivity index (χ4v) is 3.71. The van der Waals surface area contributed by atoms with Crippen LogP contribution in [0.4, 0.5) is 10.1 Å². The van der Waals surface area contributed by atoms with Gasteiger partial charge in [-0.3, -0.25) is 9.48 Å². The number of hydrogen-bond donors (Lipinski definition) is 1. The molecular weight excluding hydrogens is 445 g/mol. The first kappa shape index (κ1) is 22.0. The van der Waals surface area contributed by atoms with Crippen molar-refractivity contribution in [3.05, 3.63) is 83.6 Å². The Hall–Kier alpha value is -4.25. The van der Waals surface area contributed by atoms with E-state index in [0.717, 1.165) is 16.8 Å². The van der Waals surface area contributed by atoms with Crippen molar-refractivity contribution < 1.29 is 13.4 Å². The number of nitrogens with one attached hydrogen (secondary N) is 1. The first-order chi connectivity index (χ1) is 16.0. The molecule has 33 heavy (non-hydrogen) atoms. The summed E-state index contributed by atoms with van der Waals surface area (Å²) in [7, 11) is 3.43. The highest BCUT2D eigenvalue weighted by Crippen LogP contribution is 2.24. The van der Waals surface area contributed by atoms with Gasteiger partial charge in [0.15, 0.2) is 5.82 Å². The molecule has 2 aromatic heterocycles. The Labute approximate surface area is 191 Å². The van der Waals surface area contributed by atoms with Crippen molar-refractivity contribution in [3.8, 4) is 11.3 Å². The highest BCUT2D eigenvalue weighted by molar-refractivity contribution is 7.67. The Bertz CT molecular complexity index is 1390. The van der Waals surface area contributed by atoms with Crippen LogP contribution in [0.5, 0.6) is 0 Å². The zero-order chi connectivity index (χ0) is 23.4. The summed E-state index contributed by atoms with van der Waals surface area (Å²) in [6.45, 7) is 0. The maximum Gasteiger partial charge on any atom is 0.248 e. The number of rotatable bonds is 6. The number of carbonyl (C=O) groups is 1. The van der Waals surface area contributed by atoms with Crippen LogP contribution < -0.4 is 5.32 Å². The summed E-state index contributed by atoms with van der Waals surface area (Å²) in [6.07, 6.45) is 4.68. The third-order valence-electron chi connectivity index (χ3n) is 4.82. The average molecular weight is 463 g/mol. The van der Waals surface area contributed by atoms with Crippen LogP contribution in [0.15, 0.2) is 60.8 Å². The van der Waals surface area contributed by atoms with Gasteiger partial charge < -0.3 is 5.32 Å². The van der Waals surface area contributed by atoms with Gasteiger partial charge in [0, 0.05) is 37.0 Å². The molecule has 0 saturated heterocycles. The fraction of sp³-hybridized carbons (Fsp3) is 0.0909. The fourth-order valence-electron chi connectivity index (χ4n) is 3.23. The lowest BCUT2D eigenvalue weighted by molar-refractivity contribution is -0.111. The number of hydrogen-bond acceptors (Lipinski definition) is 6. The summed E-state index contributed by atoms with van der Waals surface area (Å²) >= 11 is 0.299. The first-order valence-corrected chi connectivity index (χ1v) is 10.5. The van der Waals surface area contributed by atoms with E-state index < -0.39 is 0 Å². The molecule has 11 heteroatoms. The molecule has 0 aliphatic heterocycles. The van der Waals surface area contributed by atoms with Gasteiger partial charge in [0.2, 0.25) is 5.91 Å². The molecule has 9 nitrogen and oxygen atoms in total. The zero-order valence-electron chi connectivity index (χ0n) is 17.6. The van der Waals surface area contributed by atoms with E-state index in [0.29, 0.717) is 33.2 Å². The van der Waals surface area contributed by atoms with E-state index in [2.05, 4.69) is 25.9 Å². The number of aryl methyl sites for hydroxylation is 2. The third-order valence-corrected chi connectivity index (χ3v) is 5.41. The zero-order valence-corrected chi connectivity index (χ0v) is 18.5. The maximum atomic E-state index is 13.3. The molecule has 2 heterocycles. The van der Waals surface area contributed by atoms with Crippen LogP contribution in [-0.4, -0.2) is 45.0 Å². The van der Waals surface area contributed by atoms with Gasteiger partial charge in [-0.2, -0.15) is 5.10 Å². The summed E-state index contributed by atoms with van der Waals surface area (Å²) < 4.78 is 27.9. The van der Waals surface area contributed by atoms with Crippen LogP contribution in [0.2, 0.25) is 0 Å². The Morgan fingerprint density at radius 3 is 2.42 bits per heavy atom. The minimum atomic E-state index is -0.337. The van der Waals surface area contributed by atoms with E-state index in [-0.39, 0.29) is 11.7 Å². The molecule has 0 bridgehead atoms. The van der Waals surface area contributed by atoms with Crippen LogP contribution in [0.25, 0.3) is 17.3 Å².